The van der Waals surface area contributed by atoms with E-state index in [1.54, 1.807) is 27.0 Å². The Hall–Kier alpha value is -1.14. The highest BCUT2D eigenvalue weighted by Gasteiger charge is 2.32. The minimum absolute atomic E-state index is 0.273. The maximum atomic E-state index is 13.1. The summed E-state index contributed by atoms with van der Waals surface area (Å²) in [5.41, 5.74) is -0.718. The summed E-state index contributed by atoms with van der Waals surface area (Å²) in [5, 5.41) is 2.98. The van der Waals surface area contributed by atoms with E-state index in [1.807, 2.05) is 0 Å². The van der Waals surface area contributed by atoms with E-state index in [9.17, 15) is 13.6 Å². The fraction of sp³-hybridized carbons (Fsp3) is 0.533. The van der Waals surface area contributed by atoms with Crippen molar-refractivity contribution >= 4 is 17.7 Å². The van der Waals surface area contributed by atoms with Gasteiger partial charge in [0, 0.05) is 4.90 Å². The van der Waals surface area contributed by atoms with E-state index in [1.165, 1.54) is 17.8 Å². The molecule has 0 aliphatic heterocycles. The topological polar surface area (TPSA) is 38.3 Å². The van der Waals surface area contributed by atoms with E-state index in [4.69, 9.17) is 4.74 Å². The van der Waals surface area contributed by atoms with Crippen molar-refractivity contribution < 1.29 is 18.3 Å². The van der Waals surface area contributed by atoms with Crippen molar-refractivity contribution in [2.75, 3.05) is 19.4 Å². The molecule has 1 aromatic rings. The Morgan fingerprint density at radius 2 is 2.10 bits per heavy atom. The Bertz CT molecular complexity index is 485. The summed E-state index contributed by atoms with van der Waals surface area (Å²) in [7, 11) is 1.72. The molecule has 0 saturated heterocycles. The van der Waals surface area contributed by atoms with Crippen LogP contribution in [0.2, 0.25) is 0 Å². The van der Waals surface area contributed by atoms with Crippen molar-refractivity contribution in [1.82, 2.24) is 5.32 Å². The molecule has 3 nitrogen and oxygen atoms in total. The maximum Gasteiger partial charge on any atom is 0.326 e. The number of ether oxygens (including phenoxy) is 1. The van der Waals surface area contributed by atoms with Gasteiger partial charge in [-0.25, -0.2) is 8.78 Å². The van der Waals surface area contributed by atoms with Crippen molar-refractivity contribution in [3.05, 3.63) is 29.8 Å². The van der Waals surface area contributed by atoms with Crippen molar-refractivity contribution in [3.63, 3.8) is 0 Å². The molecule has 1 N–H and O–H groups in total. The molecule has 0 amide bonds. The number of esters is 1. The molecule has 1 atom stereocenters. The summed E-state index contributed by atoms with van der Waals surface area (Å²) in [6.07, 6.45) is 1.36. The van der Waals surface area contributed by atoms with Crippen molar-refractivity contribution in [1.29, 1.82) is 0 Å². The molecule has 1 unspecified atom stereocenters. The zero-order valence-electron chi connectivity index (χ0n) is 12.5. The van der Waals surface area contributed by atoms with Gasteiger partial charge in [-0.15, -0.1) is 11.8 Å². The monoisotopic (exact) mass is 317 g/mol. The van der Waals surface area contributed by atoms with Crippen LogP contribution in [0.25, 0.3) is 0 Å². The summed E-state index contributed by atoms with van der Waals surface area (Å²) in [4.78, 5) is 12.5. The smallest absolute Gasteiger partial charge is 0.326 e. The van der Waals surface area contributed by atoms with Gasteiger partial charge in [-0.3, -0.25) is 4.79 Å². The number of carbonyl (C=O) groups is 1. The molecule has 0 aliphatic carbocycles. The minimum Gasteiger partial charge on any atom is -0.465 e. The van der Waals surface area contributed by atoms with Crippen molar-refractivity contribution in [3.8, 4) is 0 Å². The van der Waals surface area contributed by atoms with Gasteiger partial charge < -0.3 is 10.1 Å². The number of likely N-dealkylation sites (N-methyl/N-ethyl adjacent to an activating group) is 1. The number of hydrogen-bond donors (Lipinski definition) is 1. The van der Waals surface area contributed by atoms with Crippen LogP contribution in [0, 0.1) is 11.6 Å². The molecular weight excluding hydrogens is 296 g/mol. The lowest BCUT2D eigenvalue weighted by Crippen LogP contribution is -2.48. The van der Waals surface area contributed by atoms with E-state index >= 15 is 0 Å². The number of carbonyl (C=O) groups excluding carboxylic acids is 1. The standard InChI is InChI=1S/C15H21F2NO2S/c1-4-20-14(19)15(2,18-3)8-5-9-21-11-6-7-12(16)13(17)10-11/h6-7,10,18H,4-5,8-9H2,1-3H3. The highest BCUT2D eigenvalue weighted by Crippen LogP contribution is 2.23. The molecule has 0 heterocycles. The van der Waals surface area contributed by atoms with Crippen LogP contribution in [-0.4, -0.2) is 30.9 Å². The fourth-order valence-electron chi connectivity index (χ4n) is 1.80. The minimum atomic E-state index is -0.843. The summed E-state index contributed by atoms with van der Waals surface area (Å²) in [6, 6.07) is 3.85. The van der Waals surface area contributed by atoms with Gasteiger partial charge in [0.25, 0.3) is 0 Å². The van der Waals surface area contributed by atoms with E-state index in [0.717, 1.165) is 12.5 Å². The molecular formula is C15H21F2NO2S. The molecule has 6 heteroatoms. The predicted octanol–water partition coefficient (Wildman–Crippen LogP) is 3.38. The summed E-state index contributed by atoms with van der Waals surface area (Å²) in [6.45, 7) is 3.92. The third-order valence-electron chi connectivity index (χ3n) is 3.26. The maximum absolute atomic E-state index is 13.1. The van der Waals surface area contributed by atoms with Gasteiger partial charge in [-0.05, 0) is 57.7 Å². The Morgan fingerprint density at radius 1 is 1.38 bits per heavy atom. The first kappa shape index (κ1) is 17.9. The third kappa shape index (κ3) is 5.28. The van der Waals surface area contributed by atoms with Crippen LogP contribution >= 0.6 is 11.8 Å². The molecule has 1 aromatic carbocycles. The lowest BCUT2D eigenvalue weighted by molar-refractivity contribution is -0.150. The van der Waals surface area contributed by atoms with Crippen LogP contribution < -0.4 is 5.32 Å². The van der Waals surface area contributed by atoms with Crippen LogP contribution in [-0.2, 0) is 9.53 Å². The molecule has 0 aliphatic rings. The molecule has 21 heavy (non-hydrogen) atoms. The highest BCUT2D eigenvalue weighted by molar-refractivity contribution is 7.99. The van der Waals surface area contributed by atoms with Crippen LogP contribution in [0.15, 0.2) is 23.1 Å². The van der Waals surface area contributed by atoms with E-state index < -0.39 is 17.2 Å². The lowest BCUT2D eigenvalue weighted by Gasteiger charge is -2.26. The van der Waals surface area contributed by atoms with Crippen LogP contribution in [0.3, 0.4) is 0 Å². The number of nitrogens with one attached hydrogen (secondary N) is 1. The first-order valence-corrected chi connectivity index (χ1v) is 7.85. The number of thioether (sulfide) groups is 1. The lowest BCUT2D eigenvalue weighted by atomic mass is 9.97. The number of hydrogen-bond acceptors (Lipinski definition) is 4. The molecule has 118 valence electrons. The first-order chi connectivity index (χ1) is 9.92. The number of rotatable bonds is 8. The average Bonchev–Trinajstić information content (AvgIpc) is 2.47. The van der Waals surface area contributed by atoms with Crippen LogP contribution in [0.5, 0.6) is 0 Å². The van der Waals surface area contributed by atoms with Crippen LogP contribution in [0.4, 0.5) is 8.78 Å². The van der Waals surface area contributed by atoms with Gasteiger partial charge in [0.2, 0.25) is 0 Å². The van der Waals surface area contributed by atoms with Gasteiger partial charge in [-0.1, -0.05) is 0 Å². The average molecular weight is 317 g/mol. The van der Waals surface area contributed by atoms with Gasteiger partial charge in [-0.2, -0.15) is 0 Å². The Balaban J connectivity index is 2.44. The van der Waals surface area contributed by atoms with Gasteiger partial charge in [0.1, 0.15) is 5.54 Å². The Labute approximate surface area is 128 Å². The fourth-order valence-corrected chi connectivity index (χ4v) is 2.68. The van der Waals surface area contributed by atoms with E-state index in [0.29, 0.717) is 23.7 Å². The second kappa shape index (κ2) is 8.34. The highest BCUT2D eigenvalue weighted by atomic mass is 32.2. The largest absolute Gasteiger partial charge is 0.465 e. The van der Waals surface area contributed by atoms with Crippen molar-refractivity contribution in [2.24, 2.45) is 0 Å². The molecule has 0 radical (unpaired) electrons. The van der Waals surface area contributed by atoms with Gasteiger partial charge in [0.15, 0.2) is 11.6 Å². The SMILES string of the molecule is CCOC(=O)C(C)(CCCSc1ccc(F)c(F)c1)NC. The molecule has 0 aromatic heterocycles. The molecule has 1 rings (SSSR count). The van der Waals surface area contributed by atoms with E-state index in [-0.39, 0.29) is 5.97 Å². The predicted molar refractivity (Wildman–Crippen MR) is 80.4 cm³/mol. The molecule has 0 saturated carbocycles. The molecule has 0 fully saturated rings. The number of benzene rings is 1. The van der Waals surface area contributed by atoms with Crippen molar-refractivity contribution in [2.45, 2.75) is 37.1 Å². The van der Waals surface area contributed by atoms with Gasteiger partial charge >= 0.3 is 5.97 Å². The Morgan fingerprint density at radius 3 is 2.67 bits per heavy atom. The van der Waals surface area contributed by atoms with E-state index in [2.05, 4.69) is 5.32 Å². The summed E-state index contributed by atoms with van der Waals surface area (Å²) in [5.74, 6) is -1.25. The quantitative estimate of drug-likeness (QED) is 0.453. The first-order valence-electron chi connectivity index (χ1n) is 6.87. The second-order valence-electron chi connectivity index (χ2n) is 4.83. The number of halogens is 2. The normalized spacial score (nSPS) is 13.8. The van der Waals surface area contributed by atoms with Crippen LogP contribution in [0.1, 0.15) is 26.7 Å². The Kier molecular flexibility index (Phi) is 7.11. The summed E-state index contributed by atoms with van der Waals surface area (Å²) >= 11 is 1.43. The zero-order valence-corrected chi connectivity index (χ0v) is 13.4. The summed E-state index contributed by atoms with van der Waals surface area (Å²) < 4.78 is 30.9. The zero-order chi connectivity index (χ0) is 15.9. The third-order valence-corrected chi connectivity index (χ3v) is 4.34. The molecule has 0 spiro atoms. The molecule has 0 bridgehead atoms. The second-order valence-corrected chi connectivity index (χ2v) is 6.00. The van der Waals surface area contributed by atoms with Gasteiger partial charge in [0.05, 0.1) is 6.61 Å².